The van der Waals surface area contributed by atoms with Crippen LogP contribution in [0.15, 0.2) is 49.3 Å². The Morgan fingerprint density at radius 1 is 0.803 bits per heavy atom. The fourth-order valence-electron chi connectivity index (χ4n) is 9.92. The minimum absolute atomic E-state index is 0.0616. The molecule has 314 valence electrons. The fraction of sp³-hybridized carbons (Fsp3) is 0.333. The van der Waals surface area contributed by atoms with E-state index in [0.29, 0.717) is 70.1 Å². The van der Waals surface area contributed by atoms with Crippen LogP contribution >= 0.6 is 23.5 Å². The van der Waals surface area contributed by atoms with Crippen LogP contribution in [-0.2, 0) is 34.1 Å². The van der Waals surface area contributed by atoms with E-state index in [1.807, 2.05) is 6.07 Å². The molecule has 0 saturated carbocycles. The summed E-state index contributed by atoms with van der Waals surface area (Å²) in [7, 11) is 1.33. The number of nitrogens with zero attached hydrogens (tertiary/aromatic N) is 1. The summed E-state index contributed by atoms with van der Waals surface area (Å²) < 4.78 is 3.98. The van der Waals surface area contributed by atoms with Crippen LogP contribution in [0, 0.1) is 0 Å². The van der Waals surface area contributed by atoms with Crippen molar-refractivity contribution in [3.63, 3.8) is 0 Å². The Kier molecular flexibility index (Phi) is 9.29. The molecule has 2 aliphatic heterocycles. The molecule has 61 heavy (non-hydrogen) atoms. The van der Waals surface area contributed by atoms with Gasteiger partial charge in [-0.05, 0) is 69.8 Å². The molecule has 3 atom stereocenters. The molecule has 7 N–H and O–H groups in total. The molecule has 14 nitrogen and oxygen atoms in total. The first-order chi connectivity index (χ1) is 28.9. The number of carboxylic acids is 2. The van der Waals surface area contributed by atoms with Gasteiger partial charge in [0.25, 0.3) is 0 Å². The predicted octanol–water partition coefficient (Wildman–Crippen LogP) is 6.48. The number of anilines is 3. The highest BCUT2D eigenvalue weighted by Gasteiger charge is 2.47. The van der Waals surface area contributed by atoms with Gasteiger partial charge in [0.1, 0.15) is 17.9 Å². The molecule has 3 heterocycles. The third-order valence-electron chi connectivity index (χ3n) is 12.5. The number of aliphatic hydroxyl groups excluding tert-OH is 2. The Balaban J connectivity index is 1.64. The Morgan fingerprint density at radius 2 is 1.34 bits per heavy atom. The van der Waals surface area contributed by atoms with E-state index in [-0.39, 0.29) is 51.5 Å². The van der Waals surface area contributed by atoms with Crippen LogP contribution in [0.25, 0.3) is 49.2 Å². The number of thioether (sulfide) groups is 2. The van der Waals surface area contributed by atoms with E-state index in [0.717, 1.165) is 0 Å². The molecule has 0 amide bonds. The minimum atomic E-state index is -1.18. The summed E-state index contributed by atoms with van der Waals surface area (Å²) in [4.78, 5) is 76.0. The van der Waals surface area contributed by atoms with E-state index in [1.165, 1.54) is 37.6 Å². The molecule has 5 aromatic carbocycles. The molecule has 1 aliphatic carbocycles. The number of carbonyl (C=O) groups is 3. The maximum absolute atomic E-state index is 15.6. The number of ketones is 1. The number of nitrogens with one attached hydrogen (secondary N) is 3. The standard InChI is InChI=1S/C45H42N4O10S2/c1-16-12-19-23-26-24(20(14-50)38-33(48-40(42(55)56)44(3,4)60-38)30(26)35(53)32(19)47-13-18-10-8-9-11-46-18)25-21(15-51)39-34(49-41(43(57)58)45(5,6)61-39)31-28(25)27(23)29(22(16)17(2)52)37(59-7)36(31)54/h8-12,22,40-41,47-51H,13-15H2,1-7H3,(H,55,56)(H,57,58). The van der Waals surface area contributed by atoms with E-state index in [1.54, 1.807) is 59.0 Å². The number of Topliss-reactive ketones (excluding diaryl/α,β-unsaturated/α-hetero) is 1. The van der Waals surface area contributed by atoms with Gasteiger partial charge in [-0.3, -0.25) is 19.4 Å². The number of allylic oxidation sites excluding steroid dienone is 1. The van der Waals surface area contributed by atoms with Gasteiger partial charge in [-0.15, -0.1) is 23.5 Å². The number of carboxylic acid groups (broad SMARTS) is 2. The molecule has 1 aromatic heterocycles. The van der Waals surface area contributed by atoms with Gasteiger partial charge < -0.3 is 41.1 Å². The number of ether oxygens (including phenoxy) is 1. The van der Waals surface area contributed by atoms with E-state index in [2.05, 4.69) is 20.9 Å². The van der Waals surface area contributed by atoms with Gasteiger partial charge in [0, 0.05) is 63.9 Å². The van der Waals surface area contributed by atoms with Gasteiger partial charge in [0.15, 0.2) is 5.75 Å². The first kappa shape index (κ1) is 40.7. The smallest absolute Gasteiger partial charge is 0.327 e. The zero-order valence-electron chi connectivity index (χ0n) is 34.2. The Labute approximate surface area is 356 Å². The summed E-state index contributed by atoms with van der Waals surface area (Å²) in [5, 5.41) is 56.2. The highest BCUT2D eigenvalue weighted by molar-refractivity contribution is 8.01. The molecule has 0 fully saturated rings. The second-order valence-corrected chi connectivity index (χ2v) is 20.3. The third kappa shape index (κ3) is 5.57. The third-order valence-corrected chi connectivity index (χ3v) is 15.3. The lowest BCUT2D eigenvalue weighted by atomic mass is 9.78. The molecule has 0 spiro atoms. The number of hydrogen-bond donors (Lipinski definition) is 7. The van der Waals surface area contributed by atoms with E-state index < -0.39 is 63.5 Å². The van der Waals surface area contributed by atoms with E-state index >= 15 is 9.59 Å². The number of aliphatic hydroxyl groups is 2. The lowest BCUT2D eigenvalue weighted by Crippen LogP contribution is -2.48. The van der Waals surface area contributed by atoms with Gasteiger partial charge in [0.05, 0.1) is 66.3 Å². The number of fused-ring (bicyclic) bond motifs is 5. The number of methoxy groups -OCH3 is 1. The molecule has 0 bridgehead atoms. The average molecular weight is 863 g/mol. The monoisotopic (exact) mass is 862 g/mol. The first-order valence-electron chi connectivity index (χ1n) is 19.6. The maximum Gasteiger partial charge on any atom is 0.327 e. The van der Waals surface area contributed by atoms with Crippen molar-refractivity contribution in [1.82, 2.24) is 4.98 Å². The number of carbonyl (C=O) groups excluding carboxylic acids is 1. The number of hydrogen-bond acceptors (Lipinski definition) is 14. The molecule has 0 saturated heterocycles. The average Bonchev–Trinajstić information content (AvgIpc) is 3.32. The minimum Gasteiger partial charge on any atom is -0.492 e. The zero-order valence-corrected chi connectivity index (χ0v) is 35.9. The van der Waals surface area contributed by atoms with Crippen molar-refractivity contribution in [2.45, 2.75) is 98.6 Å². The molecule has 3 unspecified atom stereocenters. The summed E-state index contributed by atoms with van der Waals surface area (Å²) >= 11 is 2.39. The zero-order chi connectivity index (χ0) is 43.8. The van der Waals surface area contributed by atoms with Crippen LogP contribution in [0.3, 0.4) is 0 Å². The van der Waals surface area contributed by atoms with Crippen LogP contribution in [-0.4, -0.2) is 71.8 Å². The maximum atomic E-state index is 15.6. The topological polar surface area (TPSA) is 224 Å². The van der Waals surface area contributed by atoms with Gasteiger partial charge in [-0.2, -0.15) is 0 Å². The van der Waals surface area contributed by atoms with Gasteiger partial charge in [-0.25, -0.2) is 9.59 Å². The SMILES string of the molecule is COc1c2c3c4c(c(NCc5ccccn5)c(=O)c5c6c(c(CO)c(c7c(CO)c8c(c(c1=O)c73)NC(C(=O)O)C(C)(C)S8)c54)SC(C)(C)C(C(=O)O)N6)C=C(C)C2C(C)=O. The Morgan fingerprint density at radius 3 is 1.82 bits per heavy atom. The highest BCUT2D eigenvalue weighted by Crippen LogP contribution is 2.60. The lowest BCUT2D eigenvalue weighted by molar-refractivity contribution is -0.139. The predicted molar refractivity (Wildman–Crippen MR) is 238 cm³/mol. The Bertz CT molecular complexity index is 3120. The molecule has 16 heteroatoms. The molecular weight excluding hydrogens is 821 g/mol. The van der Waals surface area contributed by atoms with Crippen molar-refractivity contribution in [2.24, 2.45) is 0 Å². The molecular formula is C45H42N4O10S2. The van der Waals surface area contributed by atoms with Crippen molar-refractivity contribution in [1.29, 1.82) is 0 Å². The summed E-state index contributed by atoms with van der Waals surface area (Å²) in [6.45, 7) is 9.06. The van der Waals surface area contributed by atoms with E-state index in [4.69, 9.17) is 4.74 Å². The summed E-state index contributed by atoms with van der Waals surface area (Å²) in [6, 6.07) is 3.02. The van der Waals surface area contributed by atoms with Crippen LogP contribution in [0.4, 0.5) is 17.1 Å². The van der Waals surface area contributed by atoms with Crippen LogP contribution in [0.1, 0.15) is 75.4 Å². The number of benzene rings is 5. The molecule has 6 aromatic rings. The van der Waals surface area contributed by atoms with Crippen LogP contribution < -0.4 is 31.5 Å². The van der Waals surface area contributed by atoms with Crippen molar-refractivity contribution in [3.05, 3.63) is 78.4 Å². The number of aromatic nitrogens is 1. The molecule has 9 rings (SSSR count). The lowest BCUT2D eigenvalue weighted by Gasteiger charge is -2.40. The van der Waals surface area contributed by atoms with Gasteiger partial charge in [0.2, 0.25) is 10.9 Å². The normalized spacial score (nSPS) is 19.9. The Hall–Kier alpha value is -5.68. The van der Waals surface area contributed by atoms with Crippen molar-refractivity contribution in [3.8, 4) is 5.75 Å². The van der Waals surface area contributed by atoms with Gasteiger partial charge >= 0.3 is 11.9 Å². The summed E-state index contributed by atoms with van der Waals surface area (Å²) in [5.74, 6) is -3.84. The van der Waals surface area contributed by atoms with Crippen molar-refractivity contribution < 1.29 is 39.5 Å². The summed E-state index contributed by atoms with van der Waals surface area (Å²) in [6.07, 6.45) is 3.38. The second-order valence-electron chi connectivity index (χ2n) is 16.9. The summed E-state index contributed by atoms with van der Waals surface area (Å²) in [5.41, 5.74) is 1.79. The first-order valence-corrected chi connectivity index (χ1v) is 21.3. The quantitative estimate of drug-likeness (QED) is 0.0610. The largest absolute Gasteiger partial charge is 0.492 e. The van der Waals surface area contributed by atoms with Crippen LogP contribution in [0.2, 0.25) is 0 Å². The number of rotatable bonds is 9. The number of pyridine rings is 1. The van der Waals surface area contributed by atoms with Gasteiger partial charge in [-0.1, -0.05) is 17.7 Å². The highest BCUT2D eigenvalue weighted by atomic mass is 32.2. The van der Waals surface area contributed by atoms with E-state index in [9.17, 15) is 34.8 Å². The molecule has 3 aliphatic rings. The van der Waals surface area contributed by atoms with Crippen molar-refractivity contribution >= 4 is 107 Å². The van der Waals surface area contributed by atoms with Crippen LogP contribution in [0.5, 0.6) is 5.75 Å². The molecule has 0 radical (unpaired) electrons. The number of aliphatic carboxylic acids is 2. The second kappa shape index (κ2) is 13.9. The fourth-order valence-corrected chi connectivity index (χ4v) is 12.6. The van der Waals surface area contributed by atoms with Crippen molar-refractivity contribution in [2.75, 3.05) is 23.1 Å².